The summed E-state index contributed by atoms with van der Waals surface area (Å²) < 4.78 is 0. The number of anilines is 1. The van der Waals surface area contributed by atoms with E-state index >= 15 is 0 Å². The van der Waals surface area contributed by atoms with Crippen molar-refractivity contribution in [2.45, 2.75) is 32.7 Å². The number of rotatable bonds is 2. The van der Waals surface area contributed by atoms with E-state index in [4.69, 9.17) is 0 Å². The van der Waals surface area contributed by atoms with E-state index in [-0.39, 0.29) is 0 Å². The molecule has 1 fully saturated rings. The second kappa shape index (κ2) is 6.17. The highest BCUT2D eigenvalue weighted by molar-refractivity contribution is 5.96. The largest absolute Gasteiger partial charge is 0.370 e. The second-order valence-corrected chi connectivity index (χ2v) is 6.79. The smallest absolute Gasteiger partial charge is 0.103 e. The van der Waals surface area contributed by atoms with Crippen molar-refractivity contribution in [3.05, 3.63) is 35.0 Å². The van der Waals surface area contributed by atoms with Gasteiger partial charge in [-0.05, 0) is 52.4 Å². The highest BCUT2D eigenvalue weighted by Gasteiger charge is 2.24. The molecule has 1 aromatic carbocycles. The van der Waals surface area contributed by atoms with E-state index in [9.17, 15) is 5.26 Å². The third kappa shape index (κ3) is 2.89. The zero-order valence-electron chi connectivity index (χ0n) is 14.4. The minimum Gasteiger partial charge on any atom is -0.370 e. The number of nitriles is 1. The summed E-state index contributed by atoms with van der Waals surface area (Å²) in [5, 5.41) is 10.7. The van der Waals surface area contributed by atoms with E-state index in [0.717, 1.165) is 42.5 Å². The predicted octanol–water partition coefficient (Wildman–Crippen LogP) is 3.25. The molecule has 120 valence electrons. The average Bonchev–Trinajstić information content (AvgIpc) is 2.53. The maximum atomic E-state index is 9.56. The van der Waals surface area contributed by atoms with Crippen molar-refractivity contribution in [1.82, 2.24) is 9.88 Å². The molecule has 1 aliphatic rings. The molecule has 4 heteroatoms. The minimum absolute atomic E-state index is 0.633. The first kappa shape index (κ1) is 15.8. The molecule has 0 radical (unpaired) electrons. The molecule has 2 heterocycles. The molecule has 0 saturated carbocycles. The molecule has 1 aliphatic heterocycles. The Kier molecular flexibility index (Phi) is 4.23. The Morgan fingerprint density at radius 3 is 2.52 bits per heavy atom. The number of nitrogens with zero attached hydrogens (tertiary/aromatic N) is 4. The van der Waals surface area contributed by atoms with Gasteiger partial charge in [0, 0.05) is 30.7 Å². The number of hydrogen-bond acceptors (Lipinski definition) is 4. The quantitative estimate of drug-likeness (QED) is 0.854. The molecule has 0 aliphatic carbocycles. The number of piperidine rings is 1. The zero-order valence-corrected chi connectivity index (χ0v) is 14.4. The first-order valence-electron chi connectivity index (χ1n) is 8.22. The van der Waals surface area contributed by atoms with E-state index in [0.29, 0.717) is 11.6 Å². The van der Waals surface area contributed by atoms with Crippen LogP contribution < -0.4 is 4.90 Å². The van der Waals surface area contributed by atoms with E-state index in [2.05, 4.69) is 60.9 Å². The van der Waals surface area contributed by atoms with Crippen molar-refractivity contribution >= 4 is 16.6 Å². The van der Waals surface area contributed by atoms with Crippen molar-refractivity contribution in [3.63, 3.8) is 0 Å². The minimum atomic E-state index is 0.633. The van der Waals surface area contributed by atoms with E-state index in [1.807, 2.05) is 0 Å². The van der Waals surface area contributed by atoms with Crippen LogP contribution in [0.15, 0.2) is 18.3 Å². The summed E-state index contributed by atoms with van der Waals surface area (Å²) in [6.07, 6.45) is 4.00. The summed E-state index contributed by atoms with van der Waals surface area (Å²) >= 11 is 0. The fourth-order valence-corrected chi connectivity index (χ4v) is 3.68. The highest BCUT2D eigenvalue weighted by Crippen LogP contribution is 2.33. The van der Waals surface area contributed by atoms with Crippen molar-refractivity contribution in [2.24, 2.45) is 0 Å². The number of hydrogen-bond donors (Lipinski definition) is 0. The Morgan fingerprint density at radius 2 is 1.91 bits per heavy atom. The average molecular weight is 308 g/mol. The van der Waals surface area contributed by atoms with Crippen LogP contribution in [-0.4, -0.2) is 43.1 Å². The number of pyridine rings is 1. The fourth-order valence-electron chi connectivity index (χ4n) is 3.68. The molecule has 1 saturated heterocycles. The van der Waals surface area contributed by atoms with Gasteiger partial charge in [0.05, 0.1) is 16.8 Å². The summed E-state index contributed by atoms with van der Waals surface area (Å²) in [5.74, 6) is 0. The molecule has 2 aromatic rings. The first-order chi connectivity index (χ1) is 11.0. The number of fused-ring (bicyclic) bond motifs is 1. The van der Waals surface area contributed by atoms with Crippen LogP contribution in [-0.2, 0) is 0 Å². The molecule has 0 atom stereocenters. The molecule has 0 spiro atoms. The lowest BCUT2D eigenvalue weighted by atomic mass is 9.99. The predicted molar refractivity (Wildman–Crippen MR) is 94.9 cm³/mol. The lowest BCUT2D eigenvalue weighted by molar-refractivity contribution is 0.250. The van der Waals surface area contributed by atoms with E-state index in [1.165, 1.54) is 11.1 Å². The van der Waals surface area contributed by atoms with E-state index < -0.39 is 0 Å². The van der Waals surface area contributed by atoms with Gasteiger partial charge in [0.2, 0.25) is 0 Å². The molecular formula is C19H24N4. The number of benzene rings is 1. The molecule has 0 bridgehead atoms. The van der Waals surface area contributed by atoms with Crippen LogP contribution in [0, 0.1) is 25.2 Å². The van der Waals surface area contributed by atoms with Gasteiger partial charge in [0.1, 0.15) is 6.07 Å². The molecule has 1 aromatic heterocycles. The van der Waals surface area contributed by atoms with Crippen LogP contribution in [0.5, 0.6) is 0 Å². The lowest BCUT2D eigenvalue weighted by Gasteiger charge is -2.37. The van der Waals surface area contributed by atoms with Crippen LogP contribution in [0.1, 0.15) is 29.5 Å². The summed E-state index contributed by atoms with van der Waals surface area (Å²) in [6, 6.07) is 7.30. The lowest BCUT2D eigenvalue weighted by Crippen LogP contribution is -2.42. The van der Waals surface area contributed by atoms with Crippen molar-refractivity contribution in [2.75, 3.05) is 32.1 Å². The Morgan fingerprint density at radius 1 is 1.22 bits per heavy atom. The number of aromatic nitrogens is 1. The summed E-state index contributed by atoms with van der Waals surface area (Å²) in [5.41, 5.74) is 5.16. The van der Waals surface area contributed by atoms with Gasteiger partial charge in [-0.3, -0.25) is 4.98 Å². The van der Waals surface area contributed by atoms with Crippen LogP contribution in [0.3, 0.4) is 0 Å². The second-order valence-electron chi connectivity index (χ2n) is 6.79. The third-order valence-corrected chi connectivity index (χ3v) is 4.91. The van der Waals surface area contributed by atoms with Gasteiger partial charge < -0.3 is 9.80 Å². The van der Waals surface area contributed by atoms with Crippen molar-refractivity contribution < 1.29 is 0 Å². The topological polar surface area (TPSA) is 43.2 Å². The van der Waals surface area contributed by atoms with E-state index in [1.54, 1.807) is 6.20 Å². The molecule has 23 heavy (non-hydrogen) atoms. The Hall–Kier alpha value is -2.12. The maximum Gasteiger partial charge on any atom is 0.103 e. The van der Waals surface area contributed by atoms with Crippen LogP contribution >= 0.6 is 0 Å². The van der Waals surface area contributed by atoms with Crippen molar-refractivity contribution in [1.29, 1.82) is 5.26 Å². The third-order valence-electron chi connectivity index (χ3n) is 4.91. The monoisotopic (exact) mass is 308 g/mol. The summed E-state index contributed by atoms with van der Waals surface area (Å²) in [6.45, 7) is 6.18. The van der Waals surface area contributed by atoms with Gasteiger partial charge in [-0.2, -0.15) is 5.26 Å². The van der Waals surface area contributed by atoms with Crippen molar-refractivity contribution in [3.8, 4) is 6.07 Å². The van der Waals surface area contributed by atoms with Crippen LogP contribution in [0.4, 0.5) is 5.69 Å². The Bertz CT molecular complexity index is 765. The number of aryl methyl sites for hydroxylation is 2. The Balaban J connectivity index is 2.08. The van der Waals surface area contributed by atoms with Gasteiger partial charge in [-0.1, -0.05) is 11.6 Å². The first-order valence-corrected chi connectivity index (χ1v) is 8.22. The van der Waals surface area contributed by atoms with Crippen LogP contribution in [0.2, 0.25) is 0 Å². The molecule has 4 nitrogen and oxygen atoms in total. The summed E-state index contributed by atoms with van der Waals surface area (Å²) in [7, 11) is 4.30. The molecule has 3 rings (SSSR count). The molecule has 0 amide bonds. The fraction of sp³-hybridized carbons (Fsp3) is 0.474. The normalized spacial score (nSPS) is 16.1. The maximum absolute atomic E-state index is 9.56. The summed E-state index contributed by atoms with van der Waals surface area (Å²) in [4.78, 5) is 9.22. The highest BCUT2D eigenvalue weighted by atomic mass is 15.2. The SMILES string of the molecule is Cc1cc(C)c2ncc(C#N)c(N3CCC(N(C)C)CC3)c2c1. The van der Waals surface area contributed by atoms with Gasteiger partial charge >= 0.3 is 0 Å². The zero-order chi connectivity index (χ0) is 16.6. The molecular weight excluding hydrogens is 284 g/mol. The molecule has 0 N–H and O–H groups in total. The standard InChI is InChI=1S/C19H24N4/c1-13-9-14(2)18-17(10-13)19(15(11-20)12-21-18)23-7-5-16(6-8-23)22(3)4/h9-10,12,16H,5-8H2,1-4H3. The van der Waals surface area contributed by atoms with Gasteiger partial charge in [-0.15, -0.1) is 0 Å². The van der Waals surface area contributed by atoms with Gasteiger partial charge in [-0.25, -0.2) is 0 Å². The van der Waals surface area contributed by atoms with Crippen LogP contribution in [0.25, 0.3) is 10.9 Å². The Labute approximate surface area is 138 Å². The van der Waals surface area contributed by atoms with Gasteiger partial charge in [0.25, 0.3) is 0 Å². The van der Waals surface area contributed by atoms with Gasteiger partial charge in [0.15, 0.2) is 0 Å². The molecule has 0 unspecified atom stereocenters.